The molecule has 0 rings (SSSR count). The zero-order valence-corrected chi connectivity index (χ0v) is 11.5. The van der Waals surface area contributed by atoms with E-state index in [0.717, 1.165) is 0 Å². The van der Waals surface area contributed by atoms with Gasteiger partial charge in [0.25, 0.3) is 0 Å². The Morgan fingerprint density at radius 3 is 1.94 bits per heavy atom. The van der Waals surface area contributed by atoms with Gasteiger partial charge in [0.05, 0.1) is 6.04 Å². The van der Waals surface area contributed by atoms with Crippen LogP contribution in [-0.4, -0.2) is 29.4 Å². The van der Waals surface area contributed by atoms with Gasteiger partial charge in [-0.25, -0.2) is 0 Å². The summed E-state index contributed by atoms with van der Waals surface area (Å²) in [6.45, 7) is 7.01. The minimum absolute atomic E-state index is 0.0390. The van der Waals surface area contributed by atoms with Crippen LogP contribution in [0.5, 0.6) is 0 Å². The fourth-order valence-corrected chi connectivity index (χ4v) is 1.37. The van der Waals surface area contributed by atoms with Crippen molar-refractivity contribution < 1.29 is 14.4 Å². The van der Waals surface area contributed by atoms with Gasteiger partial charge in [0.2, 0.25) is 5.91 Å². The number of carbonyl (C=O) groups excluding carboxylic acids is 3. The molecule has 0 radical (unpaired) electrons. The molecule has 0 aliphatic carbocycles. The molecule has 0 aromatic rings. The smallest absolute Gasteiger partial charge is 0.235 e. The molecule has 0 aromatic carbocycles. The quantitative estimate of drug-likeness (QED) is 0.708. The first-order valence-corrected chi connectivity index (χ1v) is 6.24. The van der Waals surface area contributed by atoms with Crippen LogP contribution in [0.4, 0.5) is 0 Å². The highest BCUT2D eigenvalue weighted by atomic mass is 35.5. The topological polar surface area (TPSA) is 63.2 Å². The molecule has 0 aliphatic heterocycles. The van der Waals surface area contributed by atoms with Crippen LogP contribution < -0.4 is 5.32 Å². The molecule has 0 aromatic heterocycles. The van der Waals surface area contributed by atoms with Crippen LogP contribution in [0, 0.1) is 11.8 Å². The number of rotatable bonds is 7. The Kier molecular flexibility index (Phi) is 7.04. The average molecular weight is 262 g/mol. The molecule has 0 saturated heterocycles. The zero-order valence-electron chi connectivity index (χ0n) is 10.7. The van der Waals surface area contributed by atoms with Gasteiger partial charge in [0.1, 0.15) is 11.7 Å². The van der Waals surface area contributed by atoms with Crippen molar-refractivity contribution in [1.82, 2.24) is 5.32 Å². The summed E-state index contributed by atoms with van der Waals surface area (Å²) in [6.07, 6.45) is 0.0390. The molecule has 1 amide bonds. The number of halogens is 1. The molecule has 0 bridgehead atoms. The third-order valence-corrected chi connectivity index (χ3v) is 2.66. The third-order valence-electron chi connectivity index (χ3n) is 2.42. The summed E-state index contributed by atoms with van der Waals surface area (Å²) < 4.78 is 0. The molecule has 5 heteroatoms. The van der Waals surface area contributed by atoms with E-state index in [2.05, 4.69) is 5.32 Å². The lowest BCUT2D eigenvalue weighted by Gasteiger charge is -2.19. The van der Waals surface area contributed by atoms with Crippen molar-refractivity contribution in [1.29, 1.82) is 0 Å². The summed E-state index contributed by atoms with van der Waals surface area (Å²) in [7, 11) is 0. The van der Waals surface area contributed by atoms with E-state index in [4.69, 9.17) is 11.6 Å². The van der Waals surface area contributed by atoms with E-state index in [0.29, 0.717) is 0 Å². The first-order chi connectivity index (χ1) is 7.79. The van der Waals surface area contributed by atoms with Crippen molar-refractivity contribution in [2.45, 2.75) is 40.2 Å². The Labute approximate surface area is 107 Å². The fourth-order valence-electron chi connectivity index (χ4n) is 1.29. The van der Waals surface area contributed by atoms with Gasteiger partial charge in [-0.3, -0.25) is 14.4 Å². The van der Waals surface area contributed by atoms with Crippen LogP contribution in [0.25, 0.3) is 0 Å². The lowest BCUT2D eigenvalue weighted by molar-refractivity contribution is -0.131. The summed E-state index contributed by atoms with van der Waals surface area (Å²) in [5.74, 6) is -1.20. The molecule has 4 nitrogen and oxygen atoms in total. The van der Waals surface area contributed by atoms with E-state index >= 15 is 0 Å². The van der Waals surface area contributed by atoms with Crippen molar-refractivity contribution in [2.75, 3.05) is 5.88 Å². The Balaban J connectivity index is 4.68. The highest BCUT2D eigenvalue weighted by Gasteiger charge is 2.26. The van der Waals surface area contributed by atoms with Gasteiger partial charge < -0.3 is 5.32 Å². The maximum Gasteiger partial charge on any atom is 0.235 e. The summed E-state index contributed by atoms with van der Waals surface area (Å²) >= 11 is 5.37. The predicted octanol–water partition coefficient (Wildman–Crippen LogP) is 1.55. The van der Waals surface area contributed by atoms with Gasteiger partial charge in [0, 0.05) is 18.3 Å². The van der Waals surface area contributed by atoms with Crippen molar-refractivity contribution in [2.24, 2.45) is 11.8 Å². The van der Waals surface area contributed by atoms with Crippen molar-refractivity contribution >= 4 is 29.1 Å². The SMILES string of the molecule is CC(C)C(=O)CC(NC(=O)CCl)C(=O)C(C)C. The second-order valence-corrected chi connectivity index (χ2v) is 4.90. The van der Waals surface area contributed by atoms with Crippen LogP contribution in [0.3, 0.4) is 0 Å². The number of Topliss-reactive ketones (excluding diaryl/α,β-unsaturated/α-hetero) is 2. The lowest BCUT2D eigenvalue weighted by atomic mass is 9.94. The van der Waals surface area contributed by atoms with E-state index in [1.807, 2.05) is 0 Å². The van der Waals surface area contributed by atoms with Crippen molar-refractivity contribution in [3.63, 3.8) is 0 Å². The fraction of sp³-hybridized carbons (Fsp3) is 0.750. The molecule has 1 N–H and O–H groups in total. The van der Waals surface area contributed by atoms with E-state index in [1.54, 1.807) is 27.7 Å². The van der Waals surface area contributed by atoms with Crippen molar-refractivity contribution in [3.05, 3.63) is 0 Å². The van der Waals surface area contributed by atoms with Crippen LogP contribution in [-0.2, 0) is 14.4 Å². The van der Waals surface area contributed by atoms with Crippen molar-refractivity contribution in [3.8, 4) is 0 Å². The van der Waals surface area contributed by atoms with Crippen LogP contribution in [0.1, 0.15) is 34.1 Å². The minimum atomic E-state index is -0.754. The largest absolute Gasteiger partial charge is 0.345 e. The van der Waals surface area contributed by atoms with E-state index in [-0.39, 0.29) is 35.7 Å². The van der Waals surface area contributed by atoms with E-state index in [9.17, 15) is 14.4 Å². The van der Waals surface area contributed by atoms with Crippen LogP contribution in [0.2, 0.25) is 0 Å². The number of hydrogen-bond donors (Lipinski definition) is 1. The molecule has 0 saturated carbocycles. The van der Waals surface area contributed by atoms with Gasteiger partial charge in [-0.05, 0) is 0 Å². The Bertz CT molecular complexity index is 300. The highest BCUT2D eigenvalue weighted by Crippen LogP contribution is 2.08. The van der Waals surface area contributed by atoms with Crippen LogP contribution in [0.15, 0.2) is 0 Å². The highest BCUT2D eigenvalue weighted by molar-refractivity contribution is 6.27. The van der Waals surface area contributed by atoms with Gasteiger partial charge in [-0.15, -0.1) is 11.6 Å². The molecule has 0 fully saturated rings. The van der Waals surface area contributed by atoms with Gasteiger partial charge >= 0.3 is 0 Å². The molecular weight excluding hydrogens is 242 g/mol. The third kappa shape index (κ3) is 5.82. The molecule has 1 atom stereocenters. The van der Waals surface area contributed by atoms with E-state index < -0.39 is 11.9 Å². The van der Waals surface area contributed by atoms with E-state index in [1.165, 1.54) is 0 Å². The summed E-state index contributed by atoms with van der Waals surface area (Å²) in [5.41, 5.74) is 0. The number of nitrogens with one attached hydrogen (secondary N) is 1. The lowest BCUT2D eigenvalue weighted by Crippen LogP contribution is -2.45. The number of amides is 1. The number of carbonyl (C=O) groups is 3. The maximum atomic E-state index is 11.8. The molecule has 17 heavy (non-hydrogen) atoms. The molecule has 1 unspecified atom stereocenters. The van der Waals surface area contributed by atoms with Gasteiger partial charge in [-0.1, -0.05) is 27.7 Å². The second-order valence-electron chi connectivity index (χ2n) is 4.64. The average Bonchev–Trinajstić information content (AvgIpc) is 2.26. The molecule has 98 valence electrons. The summed E-state index contributed by atoms with van der Waals surface area (Å²) in [6, 6.07) is -0.754. The molecule has 0 spiro atoms. The standard InChI is InChI=1S/C12H20ClNO3/c1-7(2)10(15)5-9(12(17)8(3)4)14-11(16)6-13/h7-9H,5-6H2,1-4H3,(H,14,16). The predicted molar refractivity (Wildman–Crippen MR) is 67.0 cm³/mol. The van der Waals surface area contributed by atoms with Gasteiger partial charge in [0.15, 0.2) is 5.78 Å². The first kappa shape index (κ1) is 16.1. The maximum absolute atomic E-state index is 11.8. The normalized spacial score (nSPS) is 12.6. The number of ketones is 2. The monoisotopic (exact) mass is 261 g/mol. The minimum Gasteiger partial charge on any atom is -0.345 e. The summed E-state index contributed by atoms with van der Waals surface area (Å²) in [4.78, 5) is 34.7. The first-order valence-electron chi connectivity index (χ1n) is 5.71. The molecule has 0 aliphatic rings. The molecule has 0 heterocycles. The Morgan fingerprint density at radius 2 is 1.59 bits per heavy atom. The Hall–Kier alpha value is -0.900. The molecular formula is C12H20ClNO3. The number of alkyl halides is 1. The van der Waals surface area contributed by atoms with Gasteiger partial charge in [-0.2, -0.15) is 0 Å². The Morgan fingerprint density at radius 1 is 1.06 bits per heavy atom. The summed E-state index contributed by atoms with van der Waals surface area (Å²) in [5, 5.41) is 2.49. The zero-order chi connectivity index (χ0) is 13.6. The number of hydrogen-bond acceptors (Lipinski definition) is 3. The second kappa shape index (κ2) is 7.43. The van der Waals surface area contributed by atoms with Crippen LogP contribution >= 0.6 is 11.6 Å².